The number of nitrogens with one attached hydrogen (secondary N) is 1. The molecule has 1 saturated heterocycles. The van der Waals surface area contributed by atoms with Gasteiger partial charge in [0.15, 0.2) is 11.5 Å². The fourth-order valence-corrected chi connectivity index (χ4v) is 3.66. The van der Waals surface area contributed by atoms with Crippen molar-refractivity contribution in [3.63, 3.8) is 0 Å². The van der Waals surface area contributed by atoms with Crippen molar-refractivity contribution in [1.29, 1.82) is 0 Å². The van der Waals surface area contributed by atoms with Gasteiger partial charge in [-0.3, -0.25) is 9.69 Å². The Morgan fingerprint density at radius 1 is 1.03 bits per heavy atom. The summed E-state index contributed by atoms with van der Waals surface area (Å²) >= 11 is 0. The minimum Gasteiger partial charge on any atom is -0.485 e. The van der Waals surface area contributed by atoms with Gasteiger partial charge in [-0.1, -0.05) is 12.1 Å². The average molecular weight is 399 g/mol. The number of nitrogens with zero attached hydrogens (tertiary/aromatic N) is 2. The average Bonchev–Trinajstić information content (AvgIpc) is 2.77. The molecule has 0 aromatic heterocycles. The fourth-order valence-electron chi connectivity index (χ4n) is 3.66. The number of ether oxygens (including phenoxy) is 2. The molecule has 7 heteroatoms. The van der Waals surface area contributed by atoms with E-state index in [1.807, 2.05) is 30.3 Å². The van der Waals surface area contributed by atoms with Crippen molar-refractivity contribution in [3.8, 4) is 11.5 Å². The monoisotopic (exact) mass is 399 g/mol. The van der Waals surface area contributed by atoms with Gasteiger partial charge in [-0.25, -0.2) is 4.39 Å². The first kappa shape index (κ1) is 19.5. The number of hydrogen-bond acceptors (Lipinski definition) is 5. The third-order valence-corrected chi connectivity index (χ3v) is 5.32. The normalized spacial score (nSPS) is 19.1. The highest BCUT2D eigenvalue weighted by Crippen LogP contribution is 2.30. The Hall–Kier alpha value is -2.80. The smallest absolute Gasteiger partial charge is 0.264 e. The van der Waals surface area contributed by atoms with Crippen LogP contribution in [0.3, 0.4) is 0 Å². The van der Waals surface area contributed by atoms with Crippen LogP contribution < -0.4 is 19.7 Å². The number of carbonyl (C=O) groups is 1. The van der Waals surface area contributed by atoms with Gasteiger partial charge in [0, 0.05) is 38.4 Å². The molecular weight excluding hydrogens is 373 g/mol. The second kappa shape index (κ2) is 9.13. The predicted octanol–water partition coefficient (Wildman–Crippen LogP) is 2.29. The van der Waals surface area contributed by atoms with E-state index in [9.17, 15) is 9.18 Å². The second-order valence-corrected chi connectivity index (χ2v) is 7.31. The number of anilines is 1. The van der Waals surface area contributed by atoms with Crippen LogP contribution >= 0.6 is 0 Å². The van der Waals surface area contributed by atoms with E-state index in [4.69, 9.17) is 9.47 Å². The summed E-state index contributed by atoms with van der Waals surface area (Å²) in [6.45, 7) is 5.54. The Morgan fingerprint density at radius 3 is 2.52 bits per heavy atom. The molecule has 2 aromatic rings. The van der Waals surface area contributed by atoms with Crippen LogP contribution in [0.4, 0.5) is 10.1 Å². The molecule has 4 rings (SSSR count). The lowest BCUT2D eigenvalue weighted by molar-refractivity contribution is -0.130. The van der Waals surface area contributed by atoms with Crippen LogP contribution in [-0.4, -0.2) is 62.8 Å². The van der Waals surface area contributed by atoms with E-state index in [1.165, 1.54) is 12.1 Å². The number of piperazine rings is 1. The highest BCUT2D eigenvalue weighted by Gasteiger charge is 2.27. The van der Waals surface area contributed by atoms with Gasteiger partial charge in [-0.05, 0) is 49.4 Å². The molecule has 0 radical (unpaired) electrons. The van der Waals surface area contributed by atoms with E-state index >= 15 is 0 Å². The molecule has 1 fully saturated rings. The number of rotatable bonds is 6. The minimum atomic E-state index is -0.607. The van der Waals surface area contributed by atoms with E-state index in [0.717, 1.165) is 44.8 Å². The van der Waals surface area contributed by atoms with Gasteiger partial charge in [0.1, 0.15) is 12.4 Å². The lowest BCUT2D eigenvalue weighted by Gasteiger charge is -2.36. The Morgan fingerprint density at radius 2 is 1.76 bits per heavy atom. The summed E-state index contributed by atoms with van der Waals surface area (Å²) in [6.07, 6.45) is 0.274. The molecule has 0 saturated carbocycles. The molecule has 0 spiro atoms. The highest BCUT2D eigenvalue weighted by atomic mass is 19.1. The summed E-state index contributed by atoms with van der Waals surface area (Å²) in [5, 5.41) is 2.95. The Kier molecular flexibility index (Phi) is 6.14. The van der Waals surface area contributed by atoms with E-state index in [0.29, 0.717) is 18.0 Å². The molecule has 1 amide bonds. The Bertz CT molecular complexity index is 822. The van der Waals surface area contributed by atoms with E-state index in [-0.39, 0.29) is 18.3 Å². The van der Waals surface area contributed by atoms with Crippen LogP contribution in [0.1, 0.15) is 6.42 Å². The summed E-state index contributed by atoms with van der Waals surface area (Å²) in [7, 11) is 0. The maximum Gasteiger partial charge on any atom is 0.264 e. The topological polar surface area (TPSA) is 54.0 Å². The number of para-hydroxylation sites is 2. The molecule has 0 aliphatic carbocycles. The lowest BCUT2D eigenvalue weighted by Crippen LogP contribution is -2.47. The fraction of sp³-hybridized carbons (Fsp3) is 0.409. The van der Waals surface area contributed by atoms with Gasteiger partial charge >= 0.3 is 0 Å². The van der Waals surface area contributed by atoms with Crippen LogP contribution in [0.5, 0.6) is 11.5 Å². The van der Waals surface area contributed by atoms with Crippen LogP contribution in [0.2, 0.25) is 0 Å². The van der Waals surface area contributed by atoms with E-state index < -0.39 is 6.10 Å². The maximum atomic E-state index is 13.1. The molecule has 2 aliphatic rings. The number of benzene rings is 2. The Balaban J connectivity index is 1.14. The van der Waals surface area contributed by atoms with Gasteiger partial charge in [-0.15, -0.1) is 0 Å². The van der Waals surface area contributed by atoms with Crippen molar-refractivity contribution in [3.05, 3.63) is 54.3 Å². The third-order valence-electron chi connectivity index (χ3n) is 5.32. The van der Waals surface area contributed by atoms with Crippen LogP contribution in [0.25, 0.3) is 0 Å². The summed E-state index contributed by atoms with van der Waals surface area (Å²) < 4.78 is 24.4. The Labute approximate surface area is 170 Å². The third kappa shape index (κ3) is 4.98. The van der Waals surface area contributed by atoms with E-state index in [1.54, 1.807) is 6.07 Å². The second-order valence-electron chi connectivity index (χ2n) is 7.31. The molecule has 1 unspecified atom stereocenters. The SMILES string of the molecule is O=C(NCCCN1CCN(c2ccc(F)cc2)CC1)C1COc2ccccc2O1. The summed E-state index contributed by atoms with van der Waals surface area (Å²) in [5.74, 6) is 0.943. The van der Waals surface area contributed by atoms with Gasteiger partial charge < -0.3 is 19.7 Å². The summed E-state index contributed by atoms with van der Waals surface area (Å²) in [5.41, 5.74) is 1.06. The van der Waals surface area contributed by atoms with Crippen LogP contribution in [0, 0.1) is 5.82 Å². The molecule has 29 heavy (non-hydrogen) atoms. The van der Waals surface area contributed by atoms with Crippen LogP contribution in [-0.2, 0) is 4.79 Å². The van der Waals surface area contributed by atoms with Crippen LogP contribution in [0.15, 0.2) is 48.5 Å². The maximum absolute atomic E-state index is 13.1. The highest BCUT2D eigenvalue weighted by molar-refractivity contribution is 5.81. The molecule has 6 nitrogen and oxygen atoms in total. The van der Waals surface area contributed by atoms with Gasteiger partial charge in [0.05, 0.1) is 0 Å². The molecule has 154 valence electrons. The standard InChI is InChI=1S/C22H26FN3O3/c23-17-6-8-18(9-7-17)26-14-12-25(13-15-26)11-3-10-24-22(27)21-16-28-19-4-1-2-5-20(19)29-21/h1-2,4-9,21H,3,10-16H2,(H,24,27). The van der Waals surface area contributed by atoms with Gasteiger partial charge in [0.2, 0.25) is 6.10 Å². The molecule has 2 aromatic carbocycles. The van der Waals surface area contributed by atoms with Crippen molar-refractivity contribution in [2.75, 3.05) is 50.8 Å². The first-order valence-corrected chi connectivity index (χ1v) is 10.1. The predicted molar refractivity (Wildman–Crippen MR) is 109 cm³/mol. The number of fused-ring (bicyclic) bond motifs is 1. The molecule has 0 bridgehead atoms. The van der Waals surface area contributed by atoms with E-state index in [2.05, 4.69) is 15.1 Å². The molecule has 1 N–H and O–H groups in total. The number of hydrogen-bond donors (Lipinski definition) is 1. The molecule has 2 aliphatic heterocycles. The summed E-state index contributed by atoms with van der Waals surface area (Å²) in [6, 6.07) is 14.0. The van der Waals surface area contributed by atoms with Crippen molar-refractivity contribution in [2.24, 2.45) is 0 Å². The van der Waals surface area contributed by atoms with Crippen molar-refractivity contribution < 1.29 is 18.7 Å². The largest absolute Gasteiger partial charge is 0.485 e. The number of carbonyl (C=O) groups excluding carboxylic acids is 1. The number of halogens is 1. The minimum absolute atomic E-state index is 0.138. The van der Waals surface area contributed by atoms with Gasteiger partial charge in [0.25, 0.3) is 5.91 Å². The van der Waals surface area contributed by atoms with Crippen molar-refractivity contribution in [1.82, 2.24) is 10.2 Å². The molecule has 1 atom stereocenters. The number of amides is 1. The van der Waals surface area contributed by atoms with Gasteiger partial charge in [-0.2, -0.15) is 0 Å². The first-order valence-electron chi connectivity index (χ1n) is 10.1. The first-order chi connectivity index (χ1) is 14.2. The quantitative estimate of drug-likeness (QED) is 0.756. The zero-order chi connectivity index (χ0) is 20.1. The molecular formula is C22H26FN3O3. The molecule has 2 heterocycles. The van der Waals surface area contributed by atoms with Crippen molar-refractivity contribution >= 4 is 11.6 Å². The van der Waals surface area contributed by atoms with Crippen molar-refractivity contribution in [2.45, 2.75) is 12.5 Å². The zero-order valence-corrected chi connectivity index (χ0v) is 16.4. The zero-order valence-electron chi connectivity index (χ0n) is 16.4. The summed E-state index contributed by atoms with van der Waals surface area (Å²) in [4.78, 5) is 17.0. The lowest BCUT2D eigenvalue weighted by atomic mass is 10.2.